The predicted molar refractivity (Wildman–Crippen MR) is 82.2 cm³/mol. The second-order valence-corrected chi connectivity index (χ2v) is 5.16. The summed E-state index contributed by atoms with van der Waals surface area (Å²) in [4.78, 5) is 0.158. The zero-order chi connectivity index (χ0) is 14.5. The van der Waals surface area contributed by atoms with Crippen LogP contribution in [0.2, 0.25) is 5.02 Å². The van der Waals surface area contributed by atoms with Gasteiger partial charge >= 0.3 is 0 Å². The third-order valence-electron chi connectivity index (χ3n) is 2.75. The van der Waals surface area contributed by atoms with E-state index in [1.54, 1.807) is 12.1 Å². The summed E-state index contributed by atoms with van der Waals surface area (Å²) in [5.74, 6) is -0.369. The first kappa shape index (κ1) is 14.9. The SMILES string of the molecule is NC(=S)c1cc(F)ccc1COCc1cccc(Cl)c1. The lowest BCUT2D eigenvalue weighted by molar-refractivity contribution is 0.107. The predicted octanol–water partition coefficient (Wildman–Crippen LogP) is 3.83. The zero-order valence-corrected chi connectivity index (χ0v) is 12.2. The molecule has 2 N–H and O–H groups in total. The van der Waals surface area contributed by atoms with E-state index in [1.165, 1.54) is 12.1 Å². The van der Waals surface area contributed by atoms with E-state index in [0.29, 0.717) is 23.8 Å². The van der Waals surface area contributed by atoms with Gasteiger partial charge in [0.25, 0.3) is 0 Å². The van der Waals surface area contributed by atoms with Crippen LogP contribution in [-0.4, -0.2) is 4.99 Å². The lowest BCUT2D eigenvalue weighted by Gasteiger charge is -2.09. The van der Waals surface area contributed by atoms with Crippen LogP contribution >= 0.6 is 23.8 Å². The second kappa shape index (κ2) is 6.79. The molecule has 2 rings (SSSR count). The highest BCUT2D eigenvalue weighted by Gasteiger charge is 2.07. The minimum atomic E-state index is -0.369. The Labute approximate surface area is 127 Å². The molecule has 0 fully saturated rings. The Kier molecular flexibility index (Phi) is 5.06. The van der Waals surface area contributed by atoms with Crippen molar-refractivity contribution < 1.29 is 9.13 Å². The number of benzene rings is 2. The average molecular weight is 310 g/mol. The molecule has 2 nitrogen and oxygen atoms in total. The van der Waals surface area contributed by atoms with Crippen LogP contribution in [0.4, 0.5) is 4.39 Å². The van der Waals surface area contributed by atoms with Gasteiger partial charge in [0.05, 0.1) is 13.2 Å². The van der Waals surface area contributed by atoms with Gasteiger partial charge in [-0.1, -0.05) is 42.0 Å². The molecule has 0 saturated heterocycles. The summed E-state index contributed by atoms with van der Waals surface area (Å²) in [5.41, 5.74) is 7.82. The molecule has 0 heterocycles. The van der Waals surface area contributed by atoms with Gasteiger partial charge in [-0.2, -0.15) is 0 Å². The Balaban J connectivity index is 2.02. The minimum absolute atomic E-state index is 0.158. The zero-order valence-electron chi connectivity index (χ0n) is 10.6. The topological polar surface area (TPSA) is 35.2 Å². The quantitative estimate of drug-likeness (QED) is 0.853. The van der Waals surface area contributed by atoms with Gasteiger partial charge in [0.15, 0.2) is 0 Å². The van der Waals surface area contributed by atoms with Crippen molar-refractivity contribution in [3.63, 3.8) is 0 Å². The molecule has 0 unspecified atom stereocenters. The summed E-state index contributed by atoms with van der Waals surface area (Å²) in [6, 6.07) is 11.7. The highest BCUT2D eigenvalue weighted by atomic mass is 35.5. The fraction of sp³-hybridized carbons (Fsp3) is 0.133. The fourth-order valence-corrected chi connectivity index (χ4v) is 2.21. The van der Waals surface area contributed by atoms with E-state index >= 15 is 0 Å². The summed E-state index contributed by atoms with van der Waals surface area (Å²) in [6.45, 7) is 0.716. The molecule has 104 valence electrons. The van der Waals surface area contributed by atoms with Crippen LogP contribution in [0.1, 0.15) is 16.7 Å². The highest BCUT2D eigenvalue weighted by molar-refractivity contribution is 7.80. The molecule has 0 bridgehead atoms. The molecule has 5 heteroatoms. The molecule has 2 aromatic rings. The van der Waals surface area contributed by atoms with Gasteiger partial charge in [0.1, 0.15) is 10.8 Å². The summed E-state index contributed by atoms with van der Waals surface area (Å²) in [7, 11) is 0. The van der Waals surface area contributed by atoms with E-state index in [2.05, 4.69) is 0 Å². The van der Waals surface area contributed by atoms with Crippen molar-refractivity contribution in [3.8, 4) is 0 Å². The molecule has 0 atom stereocenters. The molecule has 2 aromatic carbocycles. The lowest BCUT2D eigenvalue weighted by Crippen LogP contribution is -2.13. The molecule has 0 spiro atoms. The molecule has 0 radical (unpaired) electrons. The van der Waals surface area contributed by atoms with E-state index < -0.39 is 0 Å². The number of hydrogen-bond acceptors (Lipinski definition) is 2. The molecule has 0 saturated carbocycles. The Morgan fingerprint density at radius 3 is 2.70 bits per heavy atom. The number of rotatable bonds is 5. The fourth-order valence-electron chi connectivity index (χ4n) is 1.81. The highest BCUT2D eigenvalue weighted by Crippen LogP contribution is 2.15. The molecule has 0 aliphatic heterocycles. The van der Waals surface area contributed by atoms with Crippen LogP contribution in [-0.2, 0) is 18.0 Å². The number of halogens is 2. The molecule has 0 aliphatic rings. The Morgan fingerprint density at radius 2 is 2.00 bits per heavy atom. The number of nitrogens with two attached hydrogens (primary N) is 1. The maximum Gasteiger partial charge on any atom is 0.123 e. The molecule has 0 aromatic heterocycles. The van der Waals surface area contributed by atoms with Crippen molar-refractivity contribution in [1.29, 1.82) is 0 Å². The monoisotopic (exact) mass is 309 g/mol. The molecule has 0 amide bonds. The van der Waals surface area contributed by atoms with Crippen LogP contribution in [0, 0.1) is 5.82 Å². The summed E-state index contributed by atoms with van der Waals surface area (Å²) >= 11 is 10.8. The molecular weight excluding hydrogens is 297 g/mol. The van der Waals surface area contributed by atoms with Crippen molar-refractivity contribution in [3.05, 3.63) is 70.0 Å². The van der Waals surface area contributed by atoms with E-state index in [9.17, 15) is 4.39 Å². The largest absolute Gasteiger partial charge is 0.389 e. The van der Waals surface area contributed by atoms with Crippen LogP contribution in [0.15, 0.2) is 42.5 Å². The minimum Gasteiger partial charge on any atom is -0.389 e. The summed E-state index contributed by atoms with van der Waals surface area (Å²) in [6.07, 6.45) is 0. The second-order valence-electron chi connectivity index (χ2n) is 4.29. The number of ether oxygens (including phenoxy) is 1. The summed E-state index contributed by atoms with van der Waals surface area (Å²) < 4.78 is 18.8. The Bertz CT molecular complexity index is 633. The molecule has 20 heavy (non-hydrogen) atoms. The molecular formula is C15H13ClFNOS. The van der Waals surface area contributed by atoms with Crippen LogP contribution in [0.3, 0.4) is 0 Å². The van der Waals surface area contributed by atoms with Crippen molar-refractivity contribution in [2.45, 2.75) is 13.2 Å². The van der Waals surface area contributed by atoms with Gasteiger partial charge in [-0.15, -0.1) is 0 Å². The van der Waals surface area contributed by atoms with Gasteiger partial charge in [-0.25, -0.2) is 4.39 Å². The summed E-state index contributed by atoms with van der Waals surface area (Å²) in [5, 5.41) is 0.664. The van der Waals surface area contributed by atoms with Crippen molar-refractivity contribution in [2.24, 2.45) is 5.73 Å². The van der Waals surface area contributed by atoms with Crippen LogP contribution in [0.5, 0.6) is 0 Å². The van der Waals surface area contributed by atoms with E-state index in [1.807, 2.05) is 18.2 Å². The van der Waals surface area contributed by atoms with Crippen molar-refractivity contribution >= 4 is 28.8 Å². The van der Waals surface area contributed by atoms with Gasteiger partial charge in [0, 0.05) is 10.6 Å². The third kappa shape index (κ3) is 4.00. The van der Waals surface area contributed by atoms with Crippen LogP contribution in [0.25, 0.3) is 0 Å². The third-order valence-corrected chi connectivity index (χ3v) is 3.21. The first-order chi connectivity index (χ1) is 9.56. The number of hydrogen-bond donors (Lipinski definition) is 1. The maximum absolute atomic E-state index is 13.2. The van der Waals surface area contributed by atoms with Gasteiger partial charge in [-0.05, 0) is 35.4 Å². The van der Waals surface area contributed by atoms with Crippen molar-refractivity contribution in [1.82, 2.24) is 0 Å². The maximum atomic E-state index is 13.2. The first-order valence-electron chi connectivity index (χ1n) is 5.96. The standard InChI is InChI=1S/C15H13ClFNOS/c16-12-3-1-2-10(6-12)8-19-9-11-4-5-13(17)7-14(11)15(18)20/h1-7H,8-9H2,(H2,18,20). The van der Waals surface area contributed by atoms with E-state index in [0.717, 1.165) is 11.1 Å². The van der Waals surface area contributed by atoms with Gasteiger partial charge in [-0.3, -0.25) is 0 Å². The average Bonchev–Trinajstić information content (AvgIpc) is 2.40. The smallest absolute Gasteiger partial charge is 0.123 e. The first-order valence-corrected chi connectivity index (χ1v) is 6.75. The number of thiocarbonyl (C=S) groups is 1. The van der Waals surface area contributed by atoms with Crippen LogP contribution < -0.4 is 5.73 Å². The van der Waals surface area contributed by atoms with E-state index in [-0.39, 0.29) is 10.8 Å². The van der Waals surface area contributed by atoms with Crippen molar-refractivity contribution in [2.75, 3.05) is 0 Å². The Hall–Kier alpha value is -1.49. The Morgan fingerprint density at radius 1 is 1.20 bits per heavy atom. The molecule has 0 aliphatic carbocycles. The van der Waals surface area contributed by atoms with Gasteiger partial charge < -0.3 is 10.5 Å². The normalized spacial score (nSPS) is 10.5. The van der Waals surface area contributed by atoms with E-state index in [4.69, 9.17) is 34.3 Å². The van der Waals surface area contributed by atoms with Gasteiger partial charge in [0.2, 0.25) is 0 Å². The lowest BCUT2D eigenvalue weighted by atomic mass is 10.1.